The number of aromatic hydroxyl groups is 1. The second kappa shape index (κ2) is 7.71. The molecule has 4 heteroatoms. The van der Waals surface area contributed by atoms with Crippen molar-refractivity contribution in [3.63, 3.8) is 0 Å². The van der Waals surface area contributed by atoms with E-state index in [9.17, 15) is 4.79 Å². The summed E-state index contributed by atoms with van der Waals surface area (Å²) in [5.74, 6) is 0.107. The molecule has 0 heterocycles. The minimum Gasteiger partial charge on any atom is -0.508 e. The van der Waals surface area contributed by atoms with Crippen LogP contribution in [-0.4, -0.2) is 23.6 Å². The molecule has 0 fully saturated rings. The third kappa shape index (κ3) is 5.19. The van der Waals surface area contributed by atoms with Crippen LogP contribution in [0.25, 0.3) is 0 Å². The van der Waals surface area contributed by atoms with E-state index in [0.29, 0.717) is 13.0 Å². The Morgan fingerprint density at radius 3 is 2.61 bits per heavy atom. The van der Waals surface area contributed by atoms with E-state index in [1.807, 2.05) is 0 Å². The molecule has 0 aliphatic rings. The highest BCUT2D eigenvalue weighted by molar-refractivity contribution is 5.81. The summed E-state index contributed by atoms with van der Waals surface area (Å²) in [7, 11) is 0. The maximum Gasteiger partial charge on any atom is 0.237 e. The van der Waals surface area contributed by atoms with Gasteiger partial charge in [0.25, 0.3) is 0 Å². The van der Waals surface area contributed by atoms with Crippen LogP contribution in [0.3, 0.4) is 0 Å². The van der Waals surface area contributed by atoms with Crippen LogP contribution in [0.4, 0.5) is 0 Å². The van der Waals surface area contributed by atoms with E-state index in [1.165, 1.54) is 0 Å². The molecule has 4 nitrogen and oxygen atoms in total. The second-order valence-corrected chi connectivity index (χ2v) is 4.48. The van der Waals surface area contributed by atoms with Crippen molar-refractivity contribution in [2.24, 2.45) is 5.73 Å². The van der Waals surface area contributed by atoms with Gasteiger partial charge >= 0.3 is 0 Å². The SMILES string of the molecule is CCCCCNC(=O)[C@H](N)Cc1ccc(O)cc1. The van der Waals surface area contributed by atoms with Crippen molar-refractivity contribution in [1.82, 2.24) is 5.32 Å². The first-order valence-electron chi connectivity index (χ1n) is 6.44. The van der Waals surface area contributed by atoms with E-state index in [4.69, 9.17) is 10.8 Å². The average molecular weight is 250 g/mol. The van der Waals surface area contributed by atoms with Crippen molar-refractivity contribution in [2.45, 2.75) is 38.6 Å². The Bertz CT molecular complexity index is 363. The van der Waals surface area contributed by atoms with Crippen LogP contribution in [0.15, 0.2) is 24.3 Å². The molecule has 0 bridgehead atoms. The van der Waals surface area contributed by atoms with E-state index < -0.39 is 6.04 Å². The molecule has 0 aliphatic heterocycles. The molecule has 1 aromatic rings. The summed E-state index contributed by atoms with van der Waals surface area (Å²) in [6, 6.07) is 6.22. The maximum absolute atomic E-state index is 11.7. The Morgan fingerprint density at radius 1 is 1.33 bits per heavy atom. The molecule has 0 saturated carbocycles. The number of carbonyl (C=O) groups is 1. The summed E-state index contributed by atoms with van der Waals surface area (Å²) in [6.45, 7) is 2.81. The second-order valence-electron chi connectivity index (χ2n) is 4.48. The Morgan fingerprint density at radius 2 is 2.00 bits per heavy atom. The first kappa shape index (κ1) is 14.5. The van der Waals surface area contributed by atoms with Crippen LogP contribution in [0.1, 0.15) is 31.7 Å². The van der Waals surface area contributed by atoms with Crippen LogP contribution in [0.5, 0.6) is 5.75 Å². The Balaban J connectivity index is 2.33. The normalized spacial score (nSPS) is 12.1. The third-order valence-corrected chi connectivity index (χ3v) is 2.81. The molecule has 1 rings (SSSR count). The predicted octanol–water partition coefficient (Wildman–Crippen LogP) is 1.57. The minimum atomic E-state index is -0.531. The van der Waals surface area contributed by atoms with Gasteiger partial charge in [-0.05, 0) is 30.5 Å². The lowest BCUT2D eigenvalue weighted by molar-refractivity contribution is -0.122. The smallest absolute Gasteiger partial charge is 0.237 e. The number of phenols is 1. The van der Waals surface area contributed by atoms with Crippen LogP contribution in [0.2, 0.25) is 0 Å². The fourth-order valence-corrected chi connectivity index (χ4v) is 1.70. The average Bonchev–Trinajstić information content (AvgIpc) is 2.37. The molecular formula is C14H22N2O2. The van der Waals surface area contributed by atoms with E-state index in [2.05, 4.69) is 12.2 Å². The molecule has 0 aromatic heterocycles. The topological polar surface area (TPSA) is 75.4 Å². The molecule has 0 aliphatic carbocycles. The first-order valence-corrected chi connectivity index (χ1v) is 6.44. The predicted molar refractivity (Wildman–Crippen MR) is 72.3 cm³/mol. The number of nitrogens with one attached hydrogen (secondary N) is 1. The number of phenolic OH excluding ortho intramolecular Hbond substituents is 1. The minimum absolute atomic E-state index is 0.112. The van der Waals surface area contributed by atoms with Crippen LogP contribution < -0.4 is 11.1 Å². The van der Waals surface area contributed by atoms with Gasteiger partial charge in [0.05, 0.1) is 6.04 Å². The lowest BCUT2D eigenvalue weighted by Crippen LogP contribution is -2.42. The quantitative estimate of drug-likeness (QED) is 0.643. The van der Waals surface area contributed by atoms with Gasteiger partial charge in [-0.15, -0.1) is 0 Å². The number of nitrogens with two attached hydrogens (primary N) is 1. The van der Waals surface area contributed by atoms with E-state index in [-0.39, 0.29) is 11.7 Å². The maximum atomic E-state index is 11.7. The molecule has 0 saturated heterocycles. The van der Waals surface area contributed by atoms with Gasteiger partial charge in [-0.3, -0.25) is 4.79 Å². The van der Waals surface area contributed by atoms with Gasteiger partial charge in [0.15, 0.2) is 0 Å². The summed E-state index contributed by atoms with van der Waals surface area (Å²) in [5.41, 5.74) is 6.78. The Labute approximate surface area is 108 Å². The summed E-state index contributed by atoms with van der Waals surface area (Å²) in [5, 5.41) is 12.0. The zero-order valence-corrected chi connectivity index (χ0v) is 10.9. The molecule has 0 spiro atoms. The van der Waals surface area contributed by atoms with Gasteiger partial charge in [-0.1, -0.05) is 31.9 Å². The van der Waals surface area contributed by atoms with Gasteiger partial charge in [0.1, 0.15) is 5.75 Å². The molecule has 100 valence electrons. The zero-order chi connectivity index (χ0) is 13.4. The molecule has 4 N–H and O–H groups in total. The molecule has 1 amide bonds. The van der Waals surface area contributed by atoms with Crippen molar-refractivity contribution in [3.8, 4) is 5.75 Å². The monoisotopic (exact) mass is 250 g/mol. The van der Waals surface area contributed by atoms with Gasteiger partial charge in [0, 0.05) is 6.54 Å². The number of hydrogen-bond donors (Lipinski definition) is 3. The highest BCUT2D eigenvalue weighted by Gasteiger charge is 2.13. The molecule has 0 radical (unpaired) electrons. The molecule has 1 aromatic carbocycles. The summed E-state index contributed by atoms with van der Waals surface area (Å²) in [4.78, 5) is 11.7. The Hall–Kier alpha value is -1.55. The fraction of sp³-hybridized carbons (Fsp3) is 0.500. The zero-order valence-electron chi connectivity index (χ0n) is 10.9. The lowest BCUT2D eigenvalue weighted by atomic mass is 10.1. The van der Waals surface area contributed by atoms with Gasteiger partial charge in [-0.2, -0.15) is 0 Å². The van der Waals surface area contributed by atoms with Crippen molar-refractivity contribution in [1.29, 1.82) is 0 Å². The number of amides is 1. The largest absolute Gasteiger partial charge is 0.508 e. The highest BCUT2D eigenvalue weighted by atomic mass is 16.3. The summed E-state index contributed by atoms with van der Waals surface area (Å²) in [6.07, 6.45) is 3.73. The van der Waals surface area contributed by atoms with Crippen molar-refractivity contribution in [3.05, 3.63) is 29.8 Å². The van der Waals surface area contributed by atoms with Crippen LogP contribution in [0, 0.1) is 0 Å². The third-order valence-electron chi connectivity index (χ3n) is 2.81. The highest BCUT2D eigenvalue weighted by Crippen LogP contribution is 2.10. The van der Waals surface area contributed by atoms with E-state index in [0.717, 1.165) is 24.8 Å². The van der Waals surface area contributed by atoms with Crippen LogP contribution >= 0.6 is 0 Å². The van der Waals surface area contributed by atoms with Crippen LogP contribution in [-0.2, 0) is 11.2 Å². The van der Waals surface area contributed by atoms with Gasteiger partial charge in [0.2, 0.25) is 5.91 Å². The first-order chi connectivity index (χ1) is 8.63. The fourth-order valence-electron chi connectivity index (χ4n) is 1.70. The molecule has 0 unspecified atom stereocenters. The van der Waals surface area contributed by atoms with Crippen molar-refractivity contribution in [2.75, 3.05) is 6.54 Å². The lowest BCUT2D eigenvalue weighted by Gasteiger charge is -2.12. The van der Waals surface area contributed by atoms with E-state index >= 15 is 0 Å². The summed E-state index contributed by atoms with van der Waals surface area (Å²) < 4.78 is 0. The standard InChI is InChI=1S/C14H22N2O2/c1-2-3-4-9-16-14(18)13(15)10-11-5-7-12(17)8-6-11/h5-8,13,17H,2-4,9-10,15H2,1H3,(H,16,18)/t13-/m1/s1. The molecule has 18 heavy (non-hydrogen) atoms. The molecule has 1 atom stereocenters. The molecular weight excluding hydrogens is 228 g/mol. The number of rotatable bonds is 7. The number of benzene rings is 1. The van der Waals surface area contributed by atoms with Crippen molar-refractivity contribution >= 4 is 5.91 Å². The Kier molecular flexibility index (Phi) is 6.22. The number of unbranched alkanes of at least 4 members (excludes halogenated alkanes) is 2. The van der Waals surface area contributed by atoms with Gasteiger partial charge in [-0.25, -0.2) is 0 Å². The summed E-state index contributed by atoms with van der Waals surface area (Å²) >= 11 is 0. The number of hydrogen-bond acceptors (Lipinski definition) is 3. The van der Waals surface area contributed by atoms with Crippen molar-refractivity contribution < 1.29 is 9.90 Å². The van der Waals surface area contributed by atoms with Gasteiger partial charge < -0.3 is 16.2 Å². The van der Waals surface area contributed by atoms with E-state index in [1.54, 1.807) is 24.3 Å². The number of carbonyl (C=O) groups excluding carboxylic acids is 1.